The fourth-order valence-electron chi connectivity index (χ4n) is 2.35. The lowest BCUT2D eigenvalue weighted by atomic mass is 10.1. The number of rotatable bonds is 9. The Bertz CT molecular complexity index is 509. The Morgan fingerprint density at radius 2 is 1.45 bits per heavy atom. The lowest BCUT2D eigenvalue weighted by Gasteiger charge is -2.07. The van der Waals surface area contributed by atoms with Gasteiger partial charge in [-0.25, -0.2) is 0 Å². The number of benzene rings is 2. The highest BCUT2D eigenvalue weighted by atomic mass is 35.5. The van der Waals surface area contributed by atoms with Crippen LogP contribution in [0.5, 0.6) is 5.75 Å². The van der Waals surface area contributed by atoms with E-state index >= 15 is 0 Å². The van der Waals surface area contributed by atoms with Crippen LogP contribution in [0.1, 0.15) is 38.5 Å². The maximum Gasteiger partial charge on any atom is 0.119 e. The van der Waals surface area contributed by atoms with Crippen LogP contribution < -0.4 is 4.74 Å². The zero-order valence-corrected chi connectivity index (χ0v) is 12.7. The summed E-state index contributed by atoms with van der Waals surface area (Å²) in [4.78, 5) is 0. The van der Waals surface area contributed by atoms with Crippen molar-refractivity contribution >= 4 is 22.4 Å². The van der Waals surface area contributed by atoms with Gasteiger partial charge in [-0.05, 0) is 35.7 Å². The van der Waals surface area contributed by atoms with Gasteiger partial charge >= 0.3 is 0 Å². The molecule has 0 aromatic heterocycles. The number of hydrogen-bond acceptors (Lipinski definition) is 1. The highest BCUT2D eigenvalue weighted by Crippen LogP contribution is 2.20. The summed E-state index contributed by atoms with van der Waals surface area (Å²) in [6.07, 6.45) is 7.37. The molecule has 108 valence electrons. The molecule has 0 heterocycles. The van der Waals surface area contributed by atoms with Gasteiger partial charge in [0.15, 0.2) is 0 Å². The predicted molar refractivity (Wildman–Crippen MR) is 87.9 cm³/mol. The Balaban J connectivity index is 1.65. The third-order valence-corrected chi connectivity index (χ3v) is 3.78. The molecule has 2 aromatic rings. The summed E-state index contributed by atoms with van der Waals surface area (Å²) in [6.45, 7) is 0.813. The first-order valence-corrected chi connectivity index (χ1v) is 8.11. The van der Waals surface area contributed by atoms with Crippen LogP contribution >= 0.6 is 11.6 Å². The first-order valence-electron chi connectivity index (χ1n) is 7.58. The molecule has 0 unspecified atom stereocenters. The van der Waals surface area contributed by atoms with E-state index in [2.05, 4.69) is 42.5 Å². The molecule has 0 radical (unpaired) electrons. The highest BCUT2D eigenvalue weighted by molar-refractivity contribution is 6.17. The van der Waals surface area contributed by atoms with Crippen LogP contribution in [0.25, 0.3) is 10.8 Å². The van der Waals surface area contributed by atoms with E-state index in [0.717, 1.165) is 31.1 Å². The van der Waals surface area contributed by atoms with Gasteiger partial charge in [0.1, 0.15) is 5.75 Å². The van der Waals surface area contributed by atoms with Crippen molar-refractivity contribution in [1.29, 1.82) is 0 Å². The minimum atomic E-state index is 0.797. The van der Waals surface area contributed by atoms with Crippen LogP contribution in [-0.4, -0.2) is 12.5 Å². The van der Waals surface area contributed by atoms with Crippen LogP contribution in [0.4, 0.5) is 0 Å². The molecule has 20 heavy (non-hydrogen) atoms. The standard InChI is InChI=1S/C18H23ClO/c19-13-7-3-1-2-4-8-14-20-18-12-11-16-9-5-6-10-17(16)15-18/h5-6,9-12,15H,1-4,7-8,13-14H2. The molecule has 0 aliphatic rings. The highest BCUT2D eigenvalue weighted by Gasteiger charge is 1.97. The SMILES string of the molecule is ClCCCCCCCCOc1ccc2ccccc2c1. The lowest BCUT2D eigenvalue weighted by Crippen LogP contribution is -1.97. The monoisotopic (exact) mass is 290 g/mol. The van der Waals surface area contributed by atoms with Crippen molar-refractivity contribution in [3.63, 3.8) is 0 Å². The van der Waals surface area contributed by atoms with Gasteiger partial charge in [0.05, 0.1) is 6.61 Å². The molecule has 2 heteroatoms. The van der Waals surface area contributed by atoms with Gasteiger partial charge in [0.25, 0.3) is 0 Å². The van der Waals surface area contributed by atoms with Crippen LogP contribution in [0, 0.1) is 0 Å². The maximum absolute atomic E-state index is 5.82. The zero-order chi connectivity index (χ0) is 14.0. The molecule has 0 bridgehead atoms. The molecule has 2 rings (SSSR count). The molecular formula is C18H23ClO. The van der Waals surface area contributed by atoms with Crippen molar-refractivity contribution < 1.29 is 4.74 Å². The molecule has 1 nitrogen and oxygen atoms in total. The fourth-order valence-corrected chi connectivity index (χ4v) is 2.54. The smallest absolute Gasteiger partial charge is 0.119 e. The van der Waals surface area contributed by atoms with Gasteiger partial charge in [-0.3, -0.25) is 0 Å². The number of unbranched alkanes of at least 4 members (excludes halogenated alkanes) is 5. The number of ether oxygens (including phenoxy) is 1. The van der Waals surface area contributed by atoms with E-state index in [-0.39, 0.29) is 0 Å². The number of fused-ring (bicyclic) bond motifs is 1. The lowest BCUT2D eigenvalue weighted by molar-refractivity contribution is 0.305. The number of hydrogen-bond donors (Lipinski definition) is 0. The van der Waals surface area contributed by atoms with E-state index in [4.69, 9.17) is 16.3 Å². The minimum absolute atomic E-state index is 0.797. The van der Waals surface area contributed by atoms with Crippen molar-refractivity contribution in [2.45, 2.75) is 38.5 Å². The number of halogens is 1. The maximum atomic E-state index is 5.82. The van der Waals surface area contributed by atoms with E-state index in [9.17, 15) is 0 Å². The first-order chi connectivity index (χ1) is 9.90. The van der Waals surface area contributed by atoms with Crippen molar-refractivity contribution in [3.8, 4) is 5.75 Å². The van der Waals surface area contributed by atoms with Crippen LogP contribution in [0.15, 0.2) is 42.5 Å². The molecule has 0 aliphatic carbocycles. The molecule has 0 atom stereocenters. The van der Waals surface area contributed by atoms with E-state index < -0.39 is 0 Å². The third-order valence-electron chi connectivity index (χ3n) is 3.52. The number of alkyl halides is 1. The summed E-state index contributed by atoms with van der Waals surface area (Å²) in [7, 11) is 0. The summed E-state index contributed by atoms with van der Waals surface area (Å²) in [5.74, 6) is 1.77. The van der Waals surface area contributed by atoms with E-state index in [1.54, 1.807) is 0 Å². The summed E-state index contributed by atoms with van der Waals surface area (Å²) in [5, 5.41) is 2.50. The largest absolute Gasteiger partial charge is 0.494 e. The Morgan fingerprint density at radius 3 is 2.25 bits per heavy atom. The van der Waals surface area contributed by atoms with Gasteiger partial charge < -0.3 is 4.74 Å². The molecule has 0 amide bonds. The van der Waals surface area contributed by atoms with Gasteiger partial charge in [0, 0.05) is 5.88 Å². The van der Waals surface area contributed by atoms with Gasteiger partial charge in [-0.1, -0.05) is 56.0 Å². The molecule has 0 fully saturated rings. The Kier molecular flexibility index (Phi) is 6.73. The normalized spacial score (nSPS) is 10.8. The van der Waals surface area contributed by atoms with Gasteiger partial charge in [-0.2, -0.15) is 0 Å². The molecule has 0 N–H and O–H groups in total. The molecule has 2 aromatic carbocycles. The Hall–Kier alpha value is -1.21. The molecule has 0 aliphatic heterocycles. The third kappa shape index (κ3) is 5.05. The quantitative estimate of drug-likeness (QED) is 0.419. The van der Waals surface area contributed by atoms with Crippen LogP contribution in [-0.2, 0) is 0 Å². The predicted octanol–water partition coefficient (Wildman–Crippen LogP) is 5.80. The average molecular weight is 291 g/mol. The summed E-state index contributed by atoms with van der Waals surface area (Å²) in [6, 6.07) is 14.7. The summed E-state index contributed by atoms with van der Waals surface area (Å²) in [5.41, 5.74) is 0. The Morgan fingerprint density at radius 1 is 0.750 bits per heavy atom. The summed E-state index contributed by atoms with van der Waals surface area (Å²) < 4.78 is 5.82. The molecular weight excluding hydrogens is 268 g/mol. The Labute approximate surface area is 126 Å². The van der Waals surface area contributed by atoms with Crippen molar-refractivity contribution in [1.82, 2.24) is 0 Å². The first kappa shape index (κ1) is 15.2. The summed E-state index contributed by atoms with van der Waals surface area (Å²) >= 11 is 5.65. The average Bonchev–Trinajstić information content (AvgIpc) is 2.50. The van der Waals surface area contributed by atoms with E-state index in [1.807, 2.05) is 0 Å². The van der Waals surface area contributed by atoms with Crippen LogP contribution in [0.3, 0.4) is 0 Å². The van der Waals surface area contributed by atoms with Crippen molar-refractivity contribution in [3.05, 3.63) is 42.5 Å². The van der Waals surface area contributed by atoms with E-state index in [0.29, 0.717) is 0 Å². The van der Waals surface area contributed by atoms with Crippen LogP contribution in [0.2, 0.25) is 0 Å². The topological polar surface area (TPSA) is 9.23 Å². The van der Waals surface area contributed by atoms with Gasteiger partial charge in [-0.15, -0.1) is 11.6 Å². The second-order valence-electron chi connectivity index (χ2n) is 5.17. The molecule has 0 saturated heterocycles. The van der Waals surface area contributed by atoms with Crippen molar-refractivity contribution in [2.24, 2.45) is 0 Å². The van der Waals surface area contributed by atoms with E-state index in [1.165, 1.54) is 36.5 Å². The zero-order valence-electron chi connectivity index (χ0n) is 12.0. The fraction of sp³-hybridized carbons (Fsp3) is 0.444. The van der Waals surface area contributed by atoms with Gasteiger partial charge in [0.2, 0.25) is 0 Å². The second-order valence-corrected chi connectivity index (χ2v) is 5.55. The molecule has 0 spiro atoms. The van der Waals surface area contributed by atoms with Crippen molar-refractivity contribution in [2.75, 3.05) is 12.5 Å². The molecule has 0 saturated carbocycles. The minimum Gasteiger partial charge on any atom is -0.494 e. The second kappa shape index (κ2) is 8.86.